The van der Waals surface area contributed by atoms with Gasteiger partial charge in [-0.15, -0.1) is 0 Å². The van der Waals surface area contributed by atoms with Gasteiger partial charge in [-0.05, 0) is 43.2 Å². The third-order valence-corrected chi connectivity index (χ3v) is 4.93. The second-order valence-electron chi connectivity index (χ2n) is 7.08. The van der Waals surface area contributed by atoms with Crippen molar-refractivity contribution >= 4 is 5.91 Å². The van der Waals surface area contributed by atoms with Crippen LogP contribution in [0.4, 0.5) is 4.39 Å². The van der Waals surface area contributed by atoms with Crippen molar-refractivity contribution in [3.63, 3.8) is 0 Å². The first-order valence-corrected chi connectivity index (χ1v) is 8.93. The van der Waals surface area contributed by atoms with Gasteiger partial charge in [0.2, 0.25) is 17.6 Å². The van der Waals surface area contributed by atoms with Crippen molar-refractivity contribution in [3.05, 3.63) is 70.9 Å². The van der Waals surface area contributed by atoms with E-state index in [0.717, 1.165) is 22.3 Å². The van der Waals surface area contributed by atoms with Gasteiger partial charge in [0.15, 0.2) is 0 Å². The fourth-order valence-corrected chi connectivity index (χ4v) is 3.39. The second-order valence-corrected chi connectivity index (χ2v) is 7.08. The maximum absolute atomic E-state index is 13.0. The van der Waals surface area contributed by atoms with Crippen molar-refractivity contribution in [1.82, 2.24) is 15.0 Å². The van der Waals surface area contributed by atoms with Gasteiger partial charge in [0.05, 0.1) is 5.92 Å². The highest BCUT2D eigenvalue weighted by Crippen LogP contribution is 2.30. The maximum atomic E-state index is 13.0. The van der Waals surface area contributed by atoms with Crippen molar-refractivity contribution in [3.8, 4) is 11.4 Å². The minimum Gasteiger partial charge on any atom is -0.339 e. The predicted octanol–water partition coefficient (Wildman–Crippen LogP) is 4.01. The summed E-state index contributed by atoms with van der Waals surface area (Å²) in [7, 11) is 0. The molecule has 1 fully saturated rings. The van der Waals surface area contributed by atoms with E-state index in [-0.39, 0.29) is 17.6 Å². The van der Waals surface area contributed by atoms with Crippen LogP contribution in [0.15, 0.2) is 47.0 Å². The highest BCUT2D eigenvalue weighted by Gasteiger charge is 2.34. The Morgan fingerprint density at radius 2 is 1.96 bits per heavy atom. The Hall–Kier alpha value is -3.02. The Kier molecular flexibility index (Phi) is 4.48. The summed E-state index contributed by atoms with van der Waals surface area (Å²) >= 11 is 0. The van der Waals surface area contributed by atoms with Gasteiger partial charge in [-0.25, -0.2) is 4.39 Å². The Bertz CT molecular complexity index is 981. The first kappa shape index (κ1) is 17.4. The molecule has 1 atom stereocenters. The lowest BCUT2D eigenvalue weighted by molar-refractivity contribution is -0.128. The number of rotatable bonds is 4. The predicted molar refractivity (Wildman–Crippen MR) is 98.4 cm³/mol. The third kappa shape index (κ3) is 3.60. The van der Waals surface area contributed by atoms with E-state index < -0.39 is 0 Å². The lowest BCUT2D eigenvalue weighted by Gasteiger charge is -2.15. The van der Waals surface area contributed by atoms with E-state index in [2.05, 4.69) is 10.1 Å². The molecule has 4 rings (SSSR count). The molecule has 3 aromatic rings. The SMILES string of the molecule is Cc1ccc(C)c(-c2noc(C3CC(=O)N(Cc4ccc(F)cc4)C3)n2)c1. The van der Waals surface area contributed by atoms with Gasteiger partial charge in [0.25, 0.3) is 0 Å². The molecule has 6 heteroatoms. The van der Waals surface area contributed by atoms with E-state index >= 15 is 0 Å². The zero-order valence-corrected chi connectivity index (χ0v) is 15.3. The molecule has 5 nitrogen and oxygen atoms in total. The summed E-state index contributed by atoms with van der Waals surface area (Å²) in [6.07, 6.45) is 0.343. The summed E-state index contributed by atoms with van der Waals surface area (Å²) in [5, 5.41) is 4.12. The van der Waals surface area contributed by atoms with Gasteiger partial charge in [0.1, 0.15) is 5.82 Å². The van der Waals surface area contributed by atoms with Gasteiger partial charge in [-0.3, -0.25) is 4.79 Å². The molecular formula is C21H20FN3O2. The van der Waals surface area contributed by atoms with E-state index in [4.69, 9.17) is 4.52 Å². The average molecular weight is 365 g/mol. The highest BCUT2D eigenvalue weighted by molar-refractivity contribution is 5.79. The number of amides is 1. The molecule has 138 valence electrons. The molecule has 0 saturated carbocycles. The Morgan fingerprint density at radius 3 is 2.74 bits per heavy atom. The number of aryl methyl sites for hydroxylation is 2. The first-order chi connectivity index (χ1) is 13.0. The zero-order valence-electron chi connectivity index (χ0n) is 15.3. The van der Waals surface area contributed by atoms with E-state index in [1.165, 1.54) is 12.1 Å². The molecule has 0 N–H and O–H groups in total. The third-order valence-electron chi connectivity index (χ3n) is 4.93. The molecule has 27 heavy (non-hydrogen) atoms. The summed E-state index contributed by atoms with van der Waals surface area (Å²) in [5.74, 6) is 0.672. The number of hydrogen-bond acceptors (Lipinski definition) is 4. The summed E-state index contributed by atoms with van der Waals surface area (Å²) in [5.41, 5.74) is 4.04. The standard InChI is InChI=1S/C21H20FN3O2/c1-13-3-4-14(2)18(9-13)20-23-21(27-24-20)16-10-19(26)25(12-16)11-15-5-7-17(22)8-6-15/h3-9,16H,10-12H2,1-2H3. The summed E-state index contributed by atoms with van der Waals surface area (Å²) < 4.78 is 18.5. The van der Waals surface area contributed by atoms with Crippen molar-refractivity contribution in [2.24, 2.45) is 0 Å². The quantitative estimate of drug-likeness (QED) is 0.701. The van der Waals surface area contributed by atoms with Gasteiger partial charge in [0, 0.05) is 25.1 Å². The van der Waals surface area contributed by atoms with Crippen LogP contribution in [-0.4, -0.2) is 27.5 Å². The Balaban J connectivity index is 1.50. The van der Waals surface area contributed by atoms with Crippen LogP contribution >= 0.6 is 0 Å². The molecule has 0 bridgehead atoms. The number of likely N-dealkylation sites (tertiary alicyclic amines) is 1. The lowest BCUT2D eigenvalue weighted by atomic mass is 10.1. The second kappa shape index (κ2) is 6.95. The van der Waals surface area contributed by atoms with Crippen LogP contribution in [0.1, 0.15) is 34.9 Å². The number of carbonyl (C=O) groups excluding carboxylic acids is 1. The van der Waals surface area contributed by atoms with Crippen LogP contribution in [0, 0.1) is 19.7 Å². The minimum atomic E-state index is -0.283. The molecule has 1 amide bonds. The fraction of sp³-hybridized carbons (Fsp3) is 0.286. The molecule has 1 aliphatic rings. The average Bonchev–Trinajstić information content (AvgIpc) is 3.26. The lowest BCUT2D eigenvalue weighted by Crippen LogP contribution is -2.24. The van der Waals surface area contributed by atoms with Gasteiger partial charge >= 0.3 is 0 Å². The molecule has 1 saturated heterocycles. The van der Waals surface area contributed by atoms with E-state index in [9.17, 15) is 9.18 Å². The van der Waals surface area contributed by atoms with Gasteiger partial charge in [-0.2, -0.15) is 4.98 Å². The van der Waals surface area contributed by atoms with E-state index in [1.54, 1.807) is 17.0 Å². The van der Waals surface area contributed by atoms with Crippen molar-refractivity contribution in [2.45, 2.75) is 32.7 Å². The van der Waals surface area contributed by atoms with Crippen LogP contribution in [-0.2, 0) is 11.3 Å². The molecule has 1 unspecified atom stereocenters. The molecule has 0 aliphatic carbocycles. The van der Waals surface area contributed by atoms with Crippen LogP contribution in [0.25, 0.3) is 11.4 Å². The molecular weight excluding hydrogens is 345 g/mol. The van der Waals surface area contributed by atoms with Crippen LogP contribution < -0.4 is 0 Å². The summed E-state index contributed by atoms with van der Waals surface area (Å²) in [6.45, 7) is 5.00. The topological polar surface area (TPSA) is 59.2 Å². The molecule has 0 radical (unpaired) electrons. The van der Waals surface area contributed by atoms with Crippen molar-refractivity contribution in [1.29, 1.82) is 0 Å². The minimum absolute atomic E-state index is 0.0378. The van der Waals surface area contributed by atoms with Gasteiger partial charge < -0.3 is 9.42 Å². The van der Waals surface area contributed by atoms with Crippen molar-refractivity contribution in [2.75, 3.05) is 6.54 Å². The zero-order chi connectivity index (χ0) is 19.0. The number of aromatic nitrogens is 2. The number of hydrogen-bond donors (Lipinski definition) is 0. The van der Waals surface area contributed by atoms with Crippen LogP contribution in [0.2, 0.25) is 0 Å². The summed E-state index contributed by atoms with van der Waals surface area (Å²) in [4.78, 5) is 18.7. The highest BCUT2D eigenvalue weighted by atomic mass is 19.1. The Morgan fingerprint density at radius 1 is 1.19 bits per heavy atom. The molecule has 2 heterocycles. The number of benzene rings is 2. The van der Waals surface area contributed by atoms with Gasteiger partial charge in [-0.1, -0.05) is 35.0 Å². The molecule has 2 aromatic carbocycles. The van der Waals surface area contributed by atoms with Crippen molar-refractivity contribution < 1.29 is 13.7 Å². The van der Waals surface area contributed by atoms with E-state index in [1.807, 2.05) is 32.0 Å². The molecule has 0 spiro atoms. The molecule has 1 aromatic heterocycles. The number of carbonyl (C=O) groups is 1. The molecule has 1 aliphatic heterocycles. The fourth-order valence-electron chi connectivity index (χ4n) is 3.39. The number of halogens is 1. The van der Waals surface area contributed by atoms with E-state index in [0.29, 0.717) is 31.2 Å². The smallest absolute Gasteiger partial charge is 0.232 e. The normalized spacial score (nSPS) is 16.9. The largest absolute Gasteiger partial charge is 0.339 e. The Labute approximate surface area is 156 Å². The number of nitrogens with zero attached hydrogens (tertiary/aromatic N) is 3. The summed E-state index contributed by atoms with van der Waals surface area (Å²) in [6, 6.07) is 12.3. The monoisotopic (exact) mass is 365 g/mol. The maximum Gasteiger partial charge on any atom is 0.232 e. The van der Waals surface area contributed by atoms with Crippen LogP contribution in [0.3, 0.4) is 0 Å². The van der Waals surface area contributed by atoms with Crippen LogP contribution in [0.5, 0.6) is 0 Å². The first-order valence-electron chi connectivity index (χ1n) is 8.93.